The Bertz CT molecular complexity index is 506. The number of carbonyl (C=O) groups is 1. The number of hydrogen-bond acceptors (Lipinski definition) is 6. The molecule has 0 spiro atoms. The van der Waals surface area contributed by atoms with Crippen molar-refractivity contribution in [2.24, 2.45) is 5.84 Å². The largest absolute Gasteiger partial charge is 0.342 e. The Hall–Kier alpha value is -1.41. The van der Waals surface area contributed by atoms with Gasteiger partial charge in [-0.2, -0.15) is 4.98 Å². The number of nitrogens with two attached hydrogens (primary N) is 1. The standard InChI is InChI=1S/C11H17BrN6O/c1-11(2)9(19)17(3)4-5-18(11)8-7(12)6-14-10(15-8)16-13/h6H,4-5,13H2,1-3H3,(H,14,15,16). The van der Waals surface area contributed by atoms with Gasteiger partial charge in [-0.15, -0.1) is 0 Å². The molecule has 1 aromatic heterocycles. The highest BCUT2D eigenvalue weighted by Crippen LogP contribution is 2.32. The molecule has 0 radical (unpaired) electrons. The summed E-state index contributed by atoms with van der Waals surface area (Å²) in [5.74, 6) is 6.37. The van der Waals surface area contributed by atoms with Gasteiger partial charge >= 0.3 is 0 Å². The van der Waals surface area contributed by atoms with Crippen LogP contribution in [0.2, 0.25) is 0 Å². The fraction of sp³-hybridized carbons (Fsp3) is 0.545. The molecule has 7 nitrogen and oxygen atoms in total. The van der Waals surface area contributed by atoms with Crippen molar-refractivity contribution in [1.29, 1.82) is 0 Å². The molecule has 1 saturated heterocycles. The monoisotopic (exact) mass is 328 g/mol. The van der Waals surface area contributed by atoms with Crippen molar-refractivity contribution in [2.75, 3.05) is 30.5 Å². The van der Waals surface area contributed by atoms with Crippen molar-refractivity contribution in [3.8, 4) is 0 Å². The maximum atomic E-state index is 12.3. The van der Waals surface area contributed by atoms with E-state index in [4.69, 9.17) is 5.84 Å². The lowest BCUT2D eigenvalue weighted by Crippen LogP contribution is -2.62. The highest BCUT2D eigenvalue weighted by Gasteiger charge is 2.41. The first-order chi connectivity index (χ1) is 8.87. The molecule has 0 bridgehead atoms. The third-order valence-corrected chi connectivity index (χ3v) is 3.87. The number of aromatic nitrogens is 2. The average molecular weight is 329 g/mol. The van der Waals surface area contributed by atoms with Gasteiger partial charge in [0.15, 0.2) is 0 Å². The number of halogens is 1. The Kier molecular flexibility index (Phi) is 3.64. The van der Waals surface area contributed by atoms with Crippen molar-refractivity contribution >= 4 is 33.6 Å². The van der Waals surface area contributed by atoms with Crippen LogP contribution >= 0.6 is 15.9 Å². The van der Waals surface area contributed by atoms with Crippen LogP contribution in [0, 0.1) is 0 Å². The smallest absolute Gasteiger partial charge is 0.247 e. The average Bonchev–Trinajstić information content (AvgIpc) is 2.38. The van der Waals surface area contributed by atoms with Crippen LogP contribution in [0.25, 0.3) is 0 Å². The summed E-state index contributed by atoms with van der Waals surface area (Å²) in [6.45, 7) is 5.13. The number of carbonyl (C=O) groups excluding carboxylic acids is 1. The van der Waals surface area contributed by atoms with E-state index in [2.05, 4.69) is 31.3 Å². The summed E-state index contributed by atoms with van der Waals surface area (Å²) in [6, 6.07) is 0. The van der Waals surface area contributed by atoms with Crippen molar-refractivity contribution in [1.82, 2.24) is 14.9 Å². The lowest BCUT2D eigenvalue weighted by Gasteiger charge is -2.45. The van der Waals surface area contributed by atoms with Gasteiger partial charge in [0.2, 0.25) is 11.9 Å². The Morgan fingerprint density at radius 2 is 2.16 bits per heavy atom. The second-order valence-corrected chi connectivity index (χ2v) is 5.80. The fourth-order valence-corrected chi connectivity index (χ4v) is 2.61. The van der Waals surface area contributed by atoms with E-state index in [0.29, 0.717) is 24.9 Å². The van der Waals surface area contributed by atoms with Crippen molar-refractivity contribution in [2.45, 2.75) is 19.4 Å². The molecule has 1 fully saturated rings. The number of nitrogen functional groups attached to an aromatic ring is 1. The Morgan fingerprint density at radius 1 is 1.47 bits per heavy atom. The maximum absolute atomic E-state index is 12.3. The number of nitrogens with one attached hydrogen (secondary N) is 1. The lowest BCUT2D eigenvalue weighted by molar-refractivity contribution is -0.136. The molecule has 3 N–H and O–H groups in total. The maximum Gasteiger partial charge on any atom is 0.247 e. The minimum absolute atomic E-state index is 0.0616. The molecule has 0 aliphatic carbocycles. The van der Waals surface area contributed by atoms with Gasteiger partial charge in [-0.05, 0) is 29.8 Å². The summed E-state index contributed by atoms with van der Waals surface area (Å²) in [6.07, 6.45) is 1.62. The van der Waals surface area contributed by atoms with Gasteiger partial charge in [0, 0.05) is 26.3 Å². The summed E-state index contributed by atoms with van der Waals surface area (Å²) < 4.78 is 0.733. The van der Waals surface area contributed by atoms with Gasteiger partial charge in [-0.1, -0.05) is 0 Å². The Labute approximate surface area is 120 Å². The van der Waals surface area contributed by atoms with Gasteiger partial charge in [-0.3, -0.25) is 10.2 Å². The predicted molar refractivity (Wildman–Crippen MR) is 76.6 cm³/mol. The van der Waals surface area contributed by atoms with E-state index in [1.165, 1.54) is 0 Å². The molecule has 2 rings (SSSR count). The van der Waals surface area contributed by atoms with Gasteiger partial charge in [0.1, 0.15) is 11.4 Å². The zero-order valence-corrected chi connectivity index (χ0v) is 12.7. The minimum atomic E-state index is -0.657. The highest BCUT2D eigenvalue weighted by atomic mass is 79.9. The van der Waals surface area contributed by atoms with E-state index < -0.39 is 5.54 Å². The number of piperazine rings is 1. The van der Waals surface area contributed by atoms with Crippen LogP contribution in [-0.2, 0) is 4.79 Å². The molecular weight excluding hydrogens is 312 g/mol. The van der Waals surface area contributed by atoms with Gasteiger partial charge in [-0.25, -0.2) is 10.8 Å². The van der Waals surface area contributed by atoms with Crippen LogP contribution in [-0.4, -0.2) is 46.5 Å². The minimum Gasteiger partial charge on any atom is -0.342 e. The molecule has 0 unspecified atom stereocenters. The number of rotatable bonds is 2. The van der Waals surface area contributed by atoms with Crippen LogP contribution in [0.3, 0.4) is 0 Å². The molecule has 1 aromatic rings. The number of anilines is 2. The lowest BCUT2D eigenvalue weighted by atomic mass is 9.98. The molecule has 1 aliphatic heterocycles. The van der Waals surface area contributed by atoms with Crippen LogP contribution in [0.5, 0.6) is 0 Å². The number of nitrogens with zero attached hydrogens (tertiary/aromatic N) is 4. The first-order valence-electron chi connectivity index (χ1n) is 5.90. The van der Waals surface area contributed by atoms with Gasteiger partial charge < -0.3 is 9.80 Å². The third kappa shape index (κ3) is 2.37. The van der Waals surface area contributed by atoms with Crippen molar-refractivity contribution in [3.05, 3.63) is 10.7 Å². The van der Waals surface area contributed by atoms with Gasteiger partial charge in [0.05, 0.1) is 4.47 Å². The summed E-state index contributed by atoms with van der Waals surface area (Å²) >= 11 is 3.42. The molecule has 104 valence electrons. The predicted octanol–water partition coefficient (Wildman–Crippen LogP) is 0.582. The molecule has 8 heteroatoms. The second-order valence-electron chi connectivity index (χ2n) is 4.95. The SMILES string of the molecule is CN1CCN(c2nc(NN)ncc2Br)C(C)(C)C1=O. The molecule has 0 atom stereocenters. The van der Waals surface area contributed by atoms with Crippen LogP contribution < -0.4 is 16.2 Å². The Morgan fingerprint density at radius 3 is 2.79 bits per heavy atom. The molecule has 19 heavy (non-hydrogen) atoms. The molecule has 2 heterocycles. The summed E-state index contributed by atoms with van der Waals surface area (Å²) in [4.78, 5) is 24.3. The molecular formula is C11H17BrN6O. The first-order valence-corrected chi connectivity index (χ1v) is 6.69. The third-order valence-electron chi connectivity index (χ3n) is 3.31. The van der Waals surface area contributed by atoms with Crippen molar-refractivity contribution in [3.63, 3.8) is 0 Å². The second kappa shape index (κ2) is 4.93. The summed E-state index contributed by atoms with van der Waals surface area (Å²) in [5.41, 5.74) is 1.76. The zero-order chi connectivity index (χ0) is 14.2. The molecule has 1 amide bonds. The van der Waals surface area contributed by atoms with Crippen LogP contribution in [0.15, 0.2) is 10.7 Å². The number of hydrazine groups is 1. The van der Waals surface area contributed by atoms with Crippen LogP contribution in [0.4, 0.5) is 11.8 Å². The summed E-state index contributed by atoms with van der Waals surface area (Å²) in [5, 5.41) is 0. The van der Waals surface area contributed by atoms with E-state index in [-0.39, 0.29) is 5.91 Å². The van der Waals surface area contributed by atoms with E-state index in [0.717, 1.165) is 4.47 Å². The van der Waals surface area contributed by atoms with E-state index >= 15 is 0 Å². The van der Waals surface area contributed by atoms with E-state index in [9.17, 15) is 4.79 Å². The number of hydrogen-bond donors (Lipinski definition) is 2. The fourth-order valence-electron chi connectivity index (χ4n) is 2.20. The molecule has 0 aromatic carbocycles. The van der Waals surface area contributed by atoms with E-state index in [1.807, 2.05) is 25.8 Å². The zero-order valence-electron chi connectivity index (χ0n) is 11.1. The van der Waals surface area contributed by atoms with Gasteiger partial charge in [0.25, 0.3) is 0 Å². The van der Waals surface area contributed by atoms with Crippen molar-refractivity contribution < 1.29 is 4.79 Å². The quantitative estimate of drug-likeness (QED) is 0.610. The highest BCUT2D eigenvalue weighted by molar-refractivity contribution is 9.10. The van der Waals surface area contributed by atoms with E-state index in [1.54, 1.807) is 11.1 Å². The first kappa shape index (κ1) is 14.0. The Balaban J connectivity index is 2.43. The van der Waals surface area contributed by atoms with Crippen LogP contribution in [0.1, 0.15) is 13.8 Å². The molecule has 1 aliphatic rings. The topological polar surface area (TPSA) is 87.4 Å². The number of likely N-dealkylation sites (N-methyl/N-ethyl adjacent to an activating group) is 1. The number of amides is 1. The normalized spacial score (nSPS) is 18.7. The summed E-state index contributed by atoms with van der Waals surface area (Å²) in [7, 11) is 1.81. The molecule has 0 saturated carbocycles.